The summed E-state index contributed by atoms with van der Waals surface area (Å²) in [7, 11) is 0. The number of aliphatic hydroxyl groups excluding tert-OH is 1. The van der Waals surface area contributed by atoms with Crippen molar-refractivity contribution >= 4 is 5.91 Å². The van der Waals surface area contributed by atoms with Crippen LogP contribution in [0.3, 0.4) is 0 Å². The Morgan fingerprint density at radius 3 is 2.95 bits per heavy atom. The number of hydrogen-bond acceptors (Lipinski definition) is 4. The number of nitrogens with one attached hydrogen (secondary N) is 1. The number of amides is 1. The molecule has 1 aromatic carbocycles. The fraction of sp³-hybridized carbons (Fsp3) is 0.500. The average Bonchev–Trinajstić information content (AvgIpc) is 2.86. The van der Waals surface area contributed by atoms with Crippen molar-refractivity contribution in [3.8, 4) is 11.5 Å². The van der Waals surface area contributed by atoms with Gasteiger partial charge in [-0.2, -0.15) is 0 Å². The highest BCUT2D eigenvalue weighted by Crippen LogP contribution is 2.34. The summed E-state index contributed by atoms with van der Waals surface area (Å²) in [5.41, 5.74) is 0.986. The summed E-state index contributed by atoms with van der Waals surface area (Å²) in [6.07, 6.45) is 1.80. The smallest absolute Gasteiger partial charge is 0.231 e. The maximum absolute atomic E-state index is 11.7. The lowest BCUT2D eigenvalue weighted by molar-refractivity contribution is -0.121. The van der Waals surface area contributed by atoms with E-state index in [1.807, 2.05) is 25.1 Å². The molecule has 0 fully saturated rings. The molecule has 1 aromatic rings. The van der Waals surface area contributed by atoms with Gasteiger partial charge in [-0.15, -0.1) is 0 Å². The Hall–Kier alpha value is -1.75. The van der Waals surface area contributed by atoms with E-state index >= 15 is 0 Å². The van der Waals surface area contributed by atoms with Crippen LogP contribution in [0.1, 0.15) is 37.8 Å². The predicted molar refractivity (Wildman–Crippen MR) is 70.1 cm³/mol. The van der Waals surface area contributed by atoms with Crippen LogP contribution in [0.25, 0.3) is 0 Å². The minimum atomic E-state index is -0.0730. The van der Waals surface area contributed by atoms with Crippen LogP contribution in [0.15, 0.2) is 18.2 Å². The Morgan fingerprint density at radius 2 is 2.16 bits per heavy atom. The molecule has 0 saturated carbocycles. The van der Waals surface area contributed by atoms with Crippen LogP contribution in [0.2, 0.25) is 0 Å². The topological polar surface area (TPSA) is 67.8 Å². The highest BCUT2D eigenvalue weighted by atomic mass is 16.7. The van der Waals surface area contributed by atoms with Gasteiger partial charge in [0.25, 0.3) is 0 Å². The normalized spacial score (nSPS) is 14.2. The summed E-state index contributed by atoms with van der Waals surface area (Å²) >= 11 is 0. The van der Waals surface area contributed by atoms with Crippen molar-refractivity contribution < 1.29 is 19.4 Å². The molecule has 0 saturated heterocycles. The van der Waals surface area contributed by atoms with Gasteiger partial charge in [-0.1, -0.05) is 6.07 Å². The second-order valence-electron chi connectivity index (χ2n) is 4.58. The molecule has 2 rings (SSSR count). The molecule has 1 unspecified atom stereocenters. The molecule has 5 heteroatoms. The summed E-state index contributed by atoms with van der Waals surface area (Å²) in [6, 6.07) is 5.59. The van der Waals surface area contributed by atoms with Gasteiger partial charge in [-0.25, -0.2) is 0 Å². The Labute approximate surface area is 112 Å². The molecular formula is C14H19NO4. The number of ether oxygens (including phenoxy) is 2. The lowest BCUT2D eigenvalue weighted by Crippen LogP contribution is -2.26. The van der Waals surface area contributed by atoms with Crippen molar-refractivity contribution in [3.05, 3.63) is 23.8 Å². The number of benzene rings is 1. The molecule has 5 nitrogen and oxygen atoms in total. The molecule has 104 valence electrons. The van der Waals surface area contributed by atoms with Crippen LogP contribution in [0.4, 0.5) is 0 Å². The van der Waals surface area contributed by atoms with Gasteiger partial charge in [0.2, 0.25) is 12.7 Å². The van der Waals surface area contributed by atoms with Crippen molar-refractivity contribution in [1.82, 2.24) is 5.32 Å². The second kappa shape index (κ2) is 6.43. The number of aliphatic hydroxyl groups is 1. The largest absolute Gasteiger partial charge is 0.454 e. The highest BCUT2D eigenvalue weighted by molar-refractivity contribution is 5.76. The van der Waals surface area contributed by atoms with Crippen LogP contribution in [-0.4, -0.2) is 24.4 Å². The van der Waals surface area contributed by atoms with Gasteiger partial charge in [-0.05, 0) is 37.5 Å². The van der Waals surface area contributed by atoms with Crippen LogP contribution in [-0.2, 0) is 4.79 Å². The maximum atomic E-state index is 11.7. The molecular weight excluding hydrogens is 246 g/mol. The molecule has 1 aliphatic heterocycles. The van der Waals surface area contributed by atoms with Gasteiger partial charge in [-0.3, -0.25) is 4.79 Å². The molecule has 0 radical (unpaired) electrons. The molecule has 0 aliphatic carbocycles. The zero-order valence-electron chi connectivity index (χ0n) is 11.0. The standard InChI is InChI=1S/C14H19NO4/c1-10(15-14(17)4-2-3-7-16)11-5-6-12-13(8-11)19-9-18-12/h5-6,8,10,16H,2-4,7,9H2,1H3,(H,15,17). The summed E-state index contributed by atoms with van der Waals surface area (Å²) in [5, 5.41) is 11.6. The monoisotopic (exact) mass is 265 g/mol. The predicted octanol–water partition coefficient (Wildman–Crippen LogP) is 1.76. The van der Waals surface area contributed by atoms with Crippen molar-refractivity contribution in [1.29, 1.82) is 0 Å². The zero-order valence-corrected chi connectivity index (χ0v) is 11.0. The first kappa shape index (κ1) is 13.7. The zero-order chi connectivity index (χ0) is 13.7. The third-order valence-electron chi connectivity index (χ3n) is 3.09. The van der Waals surface area contributed by atoms with Gasteiger partial charge in [0, 0.05) is 13.0 Å². The first-order valence-electron chi connectivity index (χ1n) is 6.50. The number of carbonyl (C=O) groups is 1. The lowest BCUT2D eigenvalue weighted by Gasteiger charge is -2.14. The van der Waals surface area contributed by atoms with E-state index in [1.54, 1.807) is 0 Å². The summed E-state index contributed by atoms with van der Waals surface area (Å²) in [6.45, 7) is 2.31. The average molecular weight is 265 g/mol. The Bertz CT molecular complexity index is 447. The van der Waals surface area contributed by atoms with Crippen molar-refractivity contribution in [2.75, 3.05) is 13.4 Å². The minimum absolute atomic E-state index is 0.00128. The van der Waals surface area contributed by atoms with Crippen LogP contribution >= 0.6 is 0 Å². The molecule has 1 heterocycles. The third-order valence-corrected chi connectivity index (χ3v) is 3.09. The van der Waals surface area contributed by atoms with Crippen LogP contribution in [0, 0.1) is 0 Å². The first-order chi connectivity index (χ1) is 9.20. The van der Waals surface area contributed by atoms with Gasteiger partial charge in [0.05, 0.1) is 6.04 Å². The van der Waals surface area contributed by atoms with E-state index in [9.17, 15) is 4.79 Å². The molecule has 0 spiro atoms. The Balaban J connectivity index is 1.89. The number of rotatable bonds is 6. The maximum Gasteiger partial charge on any atom is 0.231 e. The SMILES string of the molecule is CC(NC(=O)CCCCO)c1ccc2c(c1)OCO2. The Kier molecular flexibility index (Phi) is 4.63. The quantitative estimate of drug-likeness (QED) is 0.769. The first-order valence-corrected chi connectivity index (χ1v) is 6.50. The summed E-state index contributed by atoms with van der Waals surface area (Å²) in [5.74, 6) is 1.46. The Morgan fingerprint density at radius 1 is 1.37 bits per heavy atom. The van der Waals surface area contributed by atoms with Crippen molar-refractivity contribution in [2.24, 2.45) is 0 Å². The molecule has 1 atom stereocenters. The molecule has 1 aliphatic rings. The number of unbranched alkanes of at least 4 members (excludes halogenated alkanes) is 1. The van der Waals surface area contributed by atoms with E-state index in [-0.39, 0.29) is 25.3 Å². The molecule has 2 N–H and O–H groups in total. The minimum Gasteiger partial charge on any atom is -0.454 e. The number of carbonyl (C=O) groups excluding carboxylic acids is 1. The van der Waals surface area contributed by atoms with E-state index in [0.29, 0.717) is 19.3 Å². The summed E-state index contributed by atoms with van der Waals surface area (Å²) in [4.78, 5) is 11.7. The van der Waals surface area contributed by atoms with Gasteiger partial charge in [0.1, 0.15) is 0 Å². The molecule has 1 amide bonds. The van der Waals surface area contributed by atoms with E-state index < -0.39 is 0 Å². The molecule has 0 aromatic heterocycles. The number of hydrogen-bond donors (Lipinski definition) is 2. The highest BCUT2D eigenvalue weighted by Gasteiger charge is 2.16. The van der Waals surface area contributed by atoms with Crippen molar-refractivity contribution in [3.63, 3.8) is 0 Å². The van der Waals surface area contributed by atoms with E-state index in [1.165, 1.54) is 0 Å². The van der Waals surface area contributed by atoms with Crippen LogP contribution in [0.5, 0.6) is 11.5 Å². The van der Waals surface area contributed by atoms with E-state index in [4.69, 9.17) is 14.6 Å². The molecule has 19 heavy (non-hydrogen) atoms. The fourth-order valence-corrected chi connectivity index (χ4v) is 1.98. The number of fused-ring (bicyclic) bond motifs is 1. The van der Waals surface area contributed by atoms with E-state index in [0.717, 1.165) is 17.1 Å². The van der Waals surface area contributed by atoms with E-state index in [2.05, 4.69) is 5.32 Å². The molecule has 0 bridgehead atoms. The summed E-state index contributed by atoms with van der Waals surface area (Å²) < 4.78 is 10.6. The third kappa shape index (κ3) is 3.61. The van der Waals surface area contributed by atoms with Crippen molar-refractivity contribution in [2.45, 2.75) is 32.2 Å². The second-order valence-corrected chi connectivity index (χ2v) is 4.58. The fourth-order valence-electron chi connectivity index (χ4n) is 1.98. The van der Waals surface area contributed by atoms with Crippen LogP contribution < -0.4 is 14.8 Å². The van der Waals surface area contributed by atoms with Gasteiger partial charge >= 0.3 is 0 Å². The lowest BCUT2D eigenvalue weighted by atomic mass is 10.1. The van der Waals surface area contributed by atoms with Gasteiger partial charge < -0.3 is 19.9 Å². The van der Waals surface area contributed by atoms with Gasteiger partial charge in [0.15, 0.2) is 11.5 Å².